The zero-order chi connectivity index (χ0) is 11.4. The first-order valence-electron chi connectivity index (χ1n) is 4.21. The van der Waals surface area contributed by atoms with Crippen LogP contribution in [0.4, 0.5) is 0 Å². The van der Waals surface area contributed by atoms with Crippen molar-refractivity contribution in [3.8, 4) is 0 Å². The molecule has 0 saturated heterocycles. The van der Waals surface area contributed by atoms with Gasteiger partial charge < -0.3 is 14.8 Å². The Bertz CT molecular complexity index is 267. The van der Waals surface area contributed by atoms with Crippen molar-refractivity contribution in [3.05, 3.63) is 0 Å². The van der Waals surface area contributed by atoms with Crippen LogP contribution in [0.3, 0.4) is 0 Å². The van der Waals surface area contributed by atoms with Crippen LogP contribution in [0.25, 0.3) is 0 Å². The van der Waals surface area contributed by atoms with Crippen LogP contribution in [0, 0.1) is 5.92 Å². The van der Waals surface area contributed by atoms with E-state index in [1.54, 1.807) is 13.3 Å². The summed E-state index contributed by atoms with van der Waals surface area (Å²) >= 11 is 0. The van der Waals surface area contributed by atoms with Gasteiger partial charge in [-0.3, -0.25) is 9.59 Å². The molecule has 0 radical (unpaired) electrons. The van der Waals surface area contributed by atoms with Crippen molar-refractivity contribution >= 4 is 19.1 Å². The molecule has 0 spiro atoms. The lowest BCUT2D eigenvalue weighted by molar-refractivity contribution is -0.148. The molecule has 6 heteroatoms. The summed E-state index contributed by atoms with van der Waals surface area (Å²) in [7, 11) is -2.26. The van der Waals surface area contributed by atoms with E-state index in [2.05, 4.69) is 0 Å². The Hall–Kier alpha value is -0.830. The third-order valence-corrected chi connectivity index (χ3v) is 3.12. The second-order valence-corrected chi connectivity index (χ2v) is 7.31. The standard InChI is InChI=1S/C8H15O5P/c1-14(2,13)4-3-6(8(11)12)5-7(9)10/h6H,3-5H2,1-2H3,(H,9,10)(H,11,12). The van der Waals surface area contributed by atoms with Crippen LogP contribution in [0.1, 0.15) is 12.8 Å². The highest BCUT2D eigenvalue weighted by molar-refractivity contribution is 7.62. The van der Waals surface area contributed by atoms with E-state index in [0.29, 0.717) is 0 Å². The van der Waals surface area contributed by atoms with E-state index in [1.807, 2.05) is 0 Å². The summed E-state index contributed by atoms with van der Waals surface area (Å²) in [6.07, 6.45) is 0.0263. The molecule has 0 bridgehead atoms. The summed E-state index contributed by atoms with van der Waals surface area (Å²) < 4.78 is 11.3. The summed E-state index contributed by atoms with van der Waals surface area (Å²) in [6.45, 7) is 3.12. The number of carboxylic acids is 2. The Morgan fingerprint density at radius 2 is 1.79 bits per heavy atom. The smallest absolute Gasteiger partial charge is 0.307 e. The summed E-state index contributed by atoms with van der Waals surface area (Å²) in [6, 6.07) is 0. The van der Waals surface area contributed by atoms with Gasteiger partial charge in [0.2, 0.25) is 0 Å². The maximum Gasteiger partial charge on any atom is 0.307 e. The first kappa shape index (κ1) is 13.2. The molecule has 5 nitrogen and oxygen atoms in total. The second-order valence-electron chi connectivity index (χ2n) is 3.72. The number of rotatable bonds is 6. The van der Waals surface area contributed by atoms with Crippen LogP contribution < -0.4 is 0 Å². The van der Waals surface area contributed by atoms with Crippen LogP contribution in [-0.4, -0.2) is 41.6 Å². The van der Waals surface area contributed by atoms with E-state index in [9.17, 15) is 14.2 Å². The highest BCUT2D eigenvalue weighted by Crippen LogP contribution is 2.37. The molecule has 0 aromatic carbocycles. The Balaban J connectivity index is 4.18. The maximum absolute atomic E-state index is 11.3. The molecule has 0 saturated carbocycles. The Kier molecular flexibility index (Phi) is 4.85. The third-order valence-electron chi connectivity index (χ3n) is 1.79. The van der Waals surface area contributed by atoms with Gasteiger partial charge in [0.05, 0.1) is 19.5 Å². The average molecular weight is 222 g/mol. The summed E-state index contributed by atoms with van der Waals surface area (Å²) in [5.74, 6) is -3.21. The topological polar surface area (TPSA) is 91.7 Å². The molecular weight excluding hydrogens is 207 g/mol. The lowest BCUT2D eigenvalue weighted by Gasteiger charge is -2.11. The number of aliphatic carboxylic acids is 2. The first-order valence-corrected chi connectivity index (χ1v) is 6.99. The molecule has 0 fully saturated rings. The van der Waals surface area contributed by atoms with Crippen molar-refractivity contribution in [3.63, 3.8) is 0 Å². The average Bonchev–Trinajstić information content (AvgIpc) is 1.94. The van der Waals surface area contributed by atoms with Crippen LogP contribution in [0.2, 0.25) is 0 Å². The van der Waals surface area contributed by atoms with Gasteiger partial charge >= 0.3 is 11.9 Å². The van der Waals surface area contributed by atoms with Gasteiger partial charge in [-0.1, -0.05) is 0 Å². The lowest BCUT2D eigenvalue weighted by atomic mass is 10.0. The maximum atomic E-state index is 11.3. The van der Waals surface area contributed by atoms with Gasteiger partial charge in [-0.2, -0.15) is 0 Å². The number of hydrogen-bond donors (Lipinski definition) is 2. The fourth-order valence-corrected chi connectivity index (χ4v) is 1.92. The van der Waals surface area contributed by atoms with Crippen LogP contribution in [0.5, 0.6) is 0 Å². The van der Waals surface area contributed by atoms with Crippen molar-refractivity contribution in [1.29, 1.82) is 0 Å². The fraction of sp³-hybridized carbons (Fsp3) is 0.750. The van der Waals surface area contributed by atoms with Gasteiger partial charge in [0.1, 0.15) is 0 Å². The highest BCUT2D eigenvalue weighted by atomic mass is 31.2. The van der Waals surface area contributed by atoms with Crippen molar-refractivity contribution in [1.82, 2.24) is 0 Å². The summed E-state index contributed by atoms with van der Waals surface area (Å²) in [5, 5.41) is 17.1. The third kappa shape index (κ3) is 6.66. The van der Waals surface area contributed by atoms with E-state index in [4.69, 9.17) is 10.2 Å². The molecule has 0 aromatic heterocycles. The van der Waals surface area contributed by atoms with Crippen molar-refractivity contribution < 1.29 is 24.4 Å². The molecule has 1 unspecified atom stereocenters. The molecule has 0 rings (SSSR count). The number of hydrogen-bond acceptors (Lipinski definition) is 3. The molecule has 0 amide bonds. The van der Waals surface area contributed by atoms with Gasteiger partial charge in [0.25, 0.3) is 0 Å². The first-order chi connectivity index (χ1) is 6.22. The van der Waals surface area contributed by atoms with Gasteiger partial charge in [0.15, 0.2) is 0 Å². The lowest BCUT2D eigenvalue weighted by Crippen LogP contribution is -2.18. The molecule has 82 valence electrons. The Morgan fingerprint density at radius 1 is 1.29 bits per heavy atom. The van der Waals surface area contributed by atoms with E-state index >= 15 is 0 Å². The molecular formula is C8H15O5P. The van der Waals surface area contributed by atoms with Gasteiger partial charge in [-0.05, 0) is 19.8 Å². The zero-order valence-corrected chi connectivity index (χ0v) is 9.16. The molecule has 0 aromatic rings. The van der Waals surface area contributed by atoms with Crippen molar-refractivity contribution in [2.45, 2.75) is 12.8 Å². The molecule has 2 N–H and O–H groups in total. The van der Waals surface area contributed by atoms with Gasteiger partial charge in [-0.15, -0.1) is 0 Å². The summed E-state index contributed by atoms with van der Waals surface area (Å²) in [5.41, 5.74) is 0. The largest absolute Gasteiger partial charge is 0.481 e. The Morgan fingerprint density at radius 3 is 2.07 bits per heavy atom. The number of carboxylic acid groups (broad SMARTS) is 2. The van der Waals surface area contributed by atoms with Crippen molar-refractivity contribution in [2.24, 2.45) is 5.92 Å². The van der Waals surface area contributed by atoms with E-state index < -0.39 is 31.4 Å². The van der Waals surface area contributed by atoms with E-state index in [-0.39, 0.29) is 12.6 Å². The quantitative estimate of drug-likeness (QED) is 0.658. The summed E-state index contributed by atoms with van der Waals surface area (Å²) in [4.78, 5) is 20.9. The van der Waals surface area contributed by atoms with E-state index in [1.165, 1.54) is 0 Å². The van der Waals surface area contributed by atoms with Crippen LogP contribution in [-0.2, 0) is 14.2 Å². The highest BCUT2D eigenvalue weighted by Gasteiger charge is 2.22. The minimum atomic E-state index is -2.26. The fourth-order valence-electron chi connectivity index (χ4n) is 0.990. The predicted molar refractivity (Wildman–Crippen MR) is 52.3 cm³/mol. The van der Waals surface area contributed by atoms with Gasteiger partial charge in [0, 0.05) is 6.16 Å². The molecule has 0 heterocycles. The molecule has 1 atom stereocenters. The molecule has 0 aliphatic carbocycles. The number of carbonyl (C=O) groups is 2. The van der Waals surface area contributed by atoms with Crippen molar-refractivity contribution in [2.75, 3.05) is 19.5 Å². The predicted octanol–water partition coefficient (Wildman–Crippen LogP) is 1.17. The molecule has 0 aliphatic heterocycles. The monoisotopic (exact) mass is 222 g/mol. The zero-order valence-electron chi connectivity index (χ0n) is 8.27. The normalized spacial score (nSPS) is 13.6. The minimum absolute atomic E-state index is 0.159. The van der Waals surface area contributed by atoms with E-state index in [0.717, 1.165) is 0 Å². The Labute approximate surface area is 82.5 Å². The van der Waals surface area contributed by atoms with Gasteiger partial charge in [-0.25, -0.2) is 0 Å². The SMILES string of the molecule is CP(C)(=O)CCC(CC(=O)O)C(=O)O. The van der Waals surface area contributed by atoms with Crippen LogP contribution in [0.15, 0.2) is 0 Å². The molecule has 0 aliphatic rings. The second kappa shape index (κ2) is 5.15. The molecule has 14 heavy (non-hydrogen) atoms. The van der Waals surface area contributed by atoms with Crippen LogP contribution >= 0.6 is 7.14 Å². The minimum Gasteiger partial charge on any atom is -0.481 e.